The Labute approximate surface area is 108 Å². The summed E-state index contributed by atoms with van der Waals surface area (Å²) in [6.07, 6.45) is 2.42. The maximum Gasteiger partial charge on any atom is 0.222 e. The van der Waals surface area contributed by atoms with E-state index in [0.29, 0.717) is 17.4 Å². The predicted molar refractivity (Wildman–Crippen MR) is 74.2 cm³/mol. The summed E-state index contributed by atoms with van der Waals surface area (Å²) in [5.41, 5.74) is 6.20. The first-order chi connectivity index (χ1) is 7.81. The third kappa shape index (κ3) is 4.58. The fourth-order valence-electron chi connectivity index (χ4n) is 1.64. The quantitative estimate of drug-likeness (QED) is 0.648. The molecule has 0 radical (unpaired) electrons. The minimum atomic E-state index is 0.315. The summed E-state index contributed by atoms with van der Waals surface area (Å²) >= 11 is 1.75. The monoisotopic (exact) mass is 256 g/mol. The van der Waals surface area contributed by atoms with Crippen molar-refractivity contribution >= 4 is 17.7 Å². The number of aromatic nitrogens is 3. The van der Waals surface area contributed by atoms with E-state index in [1.165, 1.54) is 12.8 Å². The first kappa shape index (κ1) is 14.4. The van der Waals surface area contributed by atoms with E-state index in [1.54, 1.807) is 11.8 Å². The fourth-order valence-corrected chi connectivity index (χ4v) is 2.65. The van der Waals surface area contributed by atoms with Gasteiger partial charge >= 0.3 is 0 Å². The van der Waals surface area contributed by atoms with E-state index in [-0.39, 0.29) is 0 Å². The lowest BCUT2D eigenvalue weighted by atomic mass is 9.91. The van der Waals surface area contributed by atoms with Gasteiger partial charge in [0.2, 0.25) is 5.95 Å². The fraction of sp³-hybridized carbons (Fsp3) is 0.833. The minimum Gasteiger partial charge on any atom is -0.368 e. The highest BCUT2D eigenvalue weighted by Crippen LogP contribution is 2.26. The number of thioether (sulfide) groups is 1. The van der Waals surface area contributed by atoms with Crippen molar-refractivity contribution in [2.75, 3.05) is 11.5 Å². The molecule has 0 saturated carbocycles. The molecule has 2 N–H and O–H groups in total. The second-order valence-electron chi connectivity index (χ2n) is 5.82. The first-order valence-electron chi connectivity index (χ1n) is 6.14. The zero-order valence-corrected chi connectivity index (χ0v) is 12.3. The van der Waals surface area contributed by atoms with E-state index >= 15 is 0 Å². The van der Waals surface area contributed by atoms with Crippen molar-refractivity contribution in [3.05, 3.63) is 0 Å². The van der Waals surface area contributed by atoms with Gasteiger partial charge in [-0.25, -0.2) is 0 Å². The zero-order chi connectivity index (χ0) is 13.1. The van der Waals surface area contributed by atoms with E-state index in [2.05, 4.69) is 44.8 Å². The van der Waals surface area contributed by atoms with Gasteiger partial charge in [0.15, 0.2) is 5.16 Å². The molecule has 98 valence electrons. The molecule has 0 bridgehead atoms. The normalized spacial score (nSPS) is 12.4. The van der Waals surface area contributed by atoms with Crippen molar-refractivity contribution in [2.45, 2.75) is 58.7 Å². The molecular weight excluding hydrogens is 232 g/mol. The van der Waals surface area contributed by atoms with Crippen molar-refractivity contribution in [3.8, 4) is 0 Å². The SMILES string of the molecule is CC(C)n1c(N)nnc1SCCCC(C)(C)C. The lowest BCUT2D eigenvalue weighted by molar-refractivity contribution is 0.374. The summed E-state index contributed by atoms with van der Waals surface area (Å²) in [4.78, 5) is 0. The predicted octanol–water partition coefficient (Wildman–Crippen LogP) is 3.36. The Morgan fingerprint density at radius 1 is 1.29 bits per heavy atom. The largest absolute Gasteiger partial charge is 0.368 e. The van der Waals surface area contributed by atoms with Crippen LogP contribution in [-0.2, 0) is 0 Å². The molecule has 0 aromatic carbocycles. The molecule has 0 fully saturated rings. The van der Waals surface area contributed by atoms with Crippen LogP contribution < -0.4 is 5.73 Å². The molecule has 0 saturated heterocycles. The van der Waals surface area contributed by atoms with Gasteiger partial charge < -0.3 is 5.73 Å². The molecule has 0 aliphatic carbocycles. The zero-order valence-electron chi connectivity index (χ0n) is 11.5. The van der Waals surface area contributed by atoms with Gasteiger partial charge in [0.25, 0.3) is 0 Å². The Morgan fingerprint density at radius 2 is 1.94 bits per heavy atom. The molecule has 17 heavy (non-hydrogen) atoms. The first-order valence-corrected chi connectivity index (χ1v) is 7.13. The number of nitrogen functional groups attached to an aromatic ring is 1. The standard InChI is InChI=1S/C12H24N4S/c1-9(2)16-10(13)14-15-11(16)17-8-6-7-12(3,4)5/h9H,6-8H2,1-5H3,(H2,13,14). The lowest BCUT2D eigenvalue weighted by Crippen LogP contribution is -2.08. The van der Waals surface area contributed by atoms with Crippen LogP contribution in [0.5, 0.6) is 0 Å². The van der Waals surface area contributed by atoms with Gasteiger partial charge in [0.05, 0.1) is 0 Å². The molecule has 1 heterocycles. The lowest BCUT2D eigenvalue weighted by Gasteiger charge is -2.17. The van der Waals surface area contributed by atoms with Crippen LogP contribution in [0.4, 0.5) is 5.95 Å². The minimum absolute atomic E-state index is 0.315. The maximum absolute atomic E-state index is 5.79. The summed E-state index contributed by atoms with van der Waals surface area (Å²) in [6.45, 7) is 11.0. The molecule has 4 nitrogen and oxygen atoms in total. The summed E-state index contributed by atoms with van der Waals surface area (Å²) in [7, 11) is 0. The van der Waals surface area contributed by atoms with Gasteiger partial charge in [0, 0.05) is 11.8 Å². The topological polar surface area (TPSA) is 56.7 Å². The number of hydrogen-bond acceptors (Lipinski definition) is 4. The van der Waals surface area contributed by atoms with Crippen molar-refractivity contribution in [1.82, 2.24) is 14.8 Å². The van der Waals surface area contributed by atoms with E-state index in [9.17, 15) is 0 Å². The molecule has 0 aliphatic rings. The van der Waals surface area contributed by atoms with Crippen LogP contribution in [0, 0.1) is 5.41 Å². The van der Waals surface area contributed by atoms with E-state index in [0.717, 1.165) is 10.9 Å². The van der Waals surface area contributed by atoms with Gasteiger partial charge in [-0.1, -0.05) is 32.5 Å². The molecule has 0 spiro atoms. The summed E-state index contributed by atoms with van der Waals surface area (Å²) in [6, 6.07) is 0.315. The maximum atomic E-state index is 5.79. The van der Waals surface area contributed by atoms with Crippen molar-refractivity contribution in [2.24, 2.45) is 5.41 Å². The highest BCUT2D eigenvalue weighted by molar-refractivity contribution is 7.99. The van der Waals surface area contributed by atoms with Crippen LogP contribution in [0.1, 0.15) is 53.5 Å². The highest BCUT2D eigenvalue weighted by Gasteiger charge is 2.14. The molecule has 1 rings (SSSR count). The number of nitrogens with zero attached hydrogens (tertiary/aromatic N) is 3. The number of anilines is 1. The number of hydrogen-bond donors (Lipinski definition) is 1. The Morgan fingerprint density at radius 3 is 2.47 bits per heavy atom. The average molecular weight is 256 g/mol. The van der Waals surface area contributed by atoms with Crippen LogP contribution in [0.2, 0.25) is 0 Å². The van der Waals surface area contributed by atoms with Gasteiger partial charge in [-0.05, 0) is 32.1 Å². The Bertz CT molecular complexity index is 352. The van der Waals surface area contributed by atoms with E-state index in [4.69, 9.17) is 5.73 Å². The third-order valence-corrected chi connectivity index (χ3v) is 3.54. The van der Waals surface area contributed by atoms with Crippen LogP contribution in [-0.4, -0.2) is 20.5 Å². The Kier molecular flexibility index (Phi) is 4.86. The van der Waals surface area contributed by atoms with Crippen molar-refractivity contribution in [1.29, 1.82) is 0 Å². The Hall–Kier alpha value is -0.710. The van der Waals surface area contributed by atoms with Crippen LogP contribution in [0.3, 0.4) is 0 Å². The van der Waals surface area contributed by atoms with Crippen LogP contribution in [0.15, 0.2) is 5.16 Å². The molecular formula is C12H24N4S. The second-order valence-corrected chi connectivity index (χ2v) is 6.88. The van der Waals surface area contributed by atoms with Crippen molar-refractivity contribution < 1.29 is 0 Å². The van der Waals surface area contributed by atoms with E-state index < -0.39 is 0 Å². The second kappa shape index (κ2) is 5.76. The molecule has 5 heteroatoms. The van der Waals surface area contributed by atoms with Crippen molar-refractivity contribution in [3.63, 3.8) is 0 Å². The van der Waals surface area contributed by atoms with E-state index in [1.807, 2.05) is 4.57 Å². The third-order valence-electron chi connectivity index (χ3n) is 2.51. The molecule has 0 unspecified atom stereocenters. The summed E-state index contributed by atoms with van der Waals surface area (Å²) in [5, 5.41) is 8.99. The van der Waals surface area contributed by atoms with Gasteiger partial charge in [-0.3, -0.25) is 4.57 Å². The molecule has 1 aromatic heterocycles. The molecule has 0 amide bonds. The molecule has 0 aliphatic heterocycles. The molecule has 0 atom stereocenters. The smallest absolute Gasteiger partial charge is 0.222 e. The average Bonchev–Trinajstić information content (AvgIpc) is 2.53. The molecule has 1 aromatic rings. The summed E-state index contributed by atoms with van der Waals surface area (Å²) < 4.78 is 1.99. The highest BCUT2D eigenvalue weighted by atomic mass is 32.2. The number of nitrogens with two attached hydrogens (primary N) is 1. The van der Waals surface area contributed by atoms with Gasteiger partial charge in [-0.2, -0.15) is 0 Å². The van der Waals surface area contributed by atoms with Crippen LogP contribution >= 0.6 is 11.8 Å². The van der Waals surface area contributed by atoms with Gasteiger partial charge in [-0.15, -0.1) is 10.2 Å². The number of rotatable bonds is 5. The van der Waals surface area contributed by atoms with Crippen LogP contribution in [0.25, 0.3) is 0 Å². The Balaban J connectivity index is 2.47. The van der Waals surface area contributed by atoms with Gasteiger partial charge in [0.1, 0.15) is 0 Å². The summed E-state index contributed by atoms with van der Waals surface area (Å²) in [5.74, 6) is 1.58.